The molecular formula is C16H18ClNOS. The van der Waals surface area contributed by atoms with Crippen LogP contribution in [0.4, 0.5) is 0 Å². The molecule has 0 aliphatic carbocycles. The maximum atomic E-state index is 6.03. The first kappa shape index (κ1) is 15.2. The van der Waals surface area contributed by atoms with Crippen LogP contribution in [0.3, 0.4) is 0 Å². The van der Waals surface area contributed by atoms with Gasteiger partial charge in [-0.3, -0.25) is 0 Å². The normalized spacial score (nSPS) is 12.2. The molecule has 2 N–H and O–H groups in total. The Labute approximate surface area is 129 Å². The van der Waals surface area contributed by atoms with Crippen LogP contribution >= 0.6 is 23.4 Å². The first-order valence-corrected chi connectivity index (χ1v) is 7.77. The van der Waals surface area contributed by atoms with Crippen molar-refractivity contribution in [1.29, 1.82) is 0 Å². The average Bonchev–Trinajstić information content (AvgIpc) is 2.45. The van der Waals surface area contributed by atoms with Gasteiger partial charge in [0.1, 0.15) is 5.75 Å². The second-order valence-corrected chi connectivity index (χ2v) is 6.09. The molecule has 4 heteroatoms. The zero-order valence-electron chi connectivity index (χ0n) is 11.6. The molecule has 0 aliphatic rings. The highest BCUT2D eigenvalue weighted by atomic mass is 35.5. The molecule has 0 fully saturated rings. The first-order chi connectivity index (χ1) is 9.60. The molecule has 0 saturated heterocycles. The molecule has 0 bridgehead atoms. The average molecular weight is 308 g/mol. The molecule has 0 amide bonds. The molecule has 2 aromatic carbocycles. The van der Waals surface area contributed by atoms with Gasteiger partial charge in [0.2, 0.25) is 0 Å². The van der Waals surface area contributed by atoms with Crippen molar-refractivity contribution >= 4 is 23.4 Å². The van der Waals surface area contributed by atoms with E-state index in [-0.39, 0.29) is 6.04 Å². The quantitative estimate of drug-likeness (QED) is 0.816. The van der Waals surface area contributed by atoms with E-state index in [1.54, 1.807) is 18.9 Å². The zero-order chi connectivity index (χ0) is 14.5. The van der Waals surface area contributed by atoms with Crippen LogP contribution in [0.15, 0.2) is 47.4 Å². The fourth-order valence-corrected chi connectivity index (χ4v) is 2.96. The van der Waals surface area contributed by atoms with Crippen molar-refractivity contribution in [3.8, 4) is 5.75 Å². The lowest BCUT2D eigenvalue weighted by Crippen LogP contribution is -2.04. The van der Waals surface area contributed by atoms with Gasteiger partial charge in [0.15, 0.2) is 0 Å². The fraction of sp³-hybridized carbons (Fsp3) is 0.250. The van der Waals surface area contributed by atoms with Gasteiger partial charge in [0, 0.05) is 27.3 Å². The number of rotatable bonds is 5. The molecule has 0 aliphatic heterocycles. The van der Waals surface area contributed by atoms with E-state index in [9.17, 15) is 0 Å². The molecule has 106 valence electrons. The van der Waals surface area contributed by atoms with Gasteiger partial charge in [0.05, 0.1) is 7.11 Å². The van der Waals surface area contributed by atoms with E-state index in [2.05, 4.69) is 24.3 Å². The smallest absolute Gasteiger partial charge is 0.123 e. The van der Waals surface area contributed by atoms with Crippen LogP contribution in [0.5, 0.6) is 5.75 Å². The Bertz CT molecular complexity index is 569. The summed E-state index contributed by atoms with van der Waals surface area (Å²) in [6.07, 6.45) is 0. The van der Waals surface area contributed by atoms with Crippen molar-refractivity contribution in [1.82, 2.24) is 0 Å². The Morgan fingerprint density at radius 1 is 1.20 bits per heavy atom. The van der Waals surface area contributed by atoms with Crippen LogP contribution in [0.25, 0.3) is 0 Å². The lowest BCUT2D eigenvalue weighted by molar-refractivity contribution is 0.411. The number of hydrogen-bond acceptors (Lipinski definition) is 3. The number of thioether (sulfide) groups is 1. The lowest BCUT2D eigenvalue weighted by atomic mass is 10.1. The van der Waals surface area contributed by atoms with Crippen molar-refractivity contribution in [2.24, 2.45) is 5.73 Å². The van der Waals surface area contributed by atoms with E-state index in [4.69, 9.17) is 22.1 Å². The molecule has 20 heavy (non-hydrogen) atoms. The molecule has 2 aromatic rings. The van der Waals surface area contributed by atoms with E-state index in [1.807, 2.05) is 25.1 Å². The van der Waals surface area contributed by atoms with Crippen LogP contribution in [0, 0.1) is 0 Å². The largest absolute Gasteiger partial charge is 0.496 e. The predicted molar refractivity (Wildman–Crippen MR) is 86.6 cm³/mol. The van der Waals surface area contributed by atoms with E-state index < -0.39 is 0 Å². The summed E-state index contributed by atoms with van der Waals surface area (Å²) in [7, 11) is 1.68. The summed E-state index contributed by atoms with van der Waals surface area (Å²) in [5.74, 6) is 1.69. The Balaban J connectivity index is 2.06. The summed E-state index contributed by atoms with van der Waals surface area (Å²) in [4.78, 5) is 1.21. The van der Waals surface area contributed by atoms with Crippen molar-refractivity contribution < 1.29 is 4.74 Å². The molecule has 1 unspecified atom stereocenters. The Kier molecular flexibility index (Phi) is 5.35. The zero-order valence-corrected chi connectivity index (χ0v) is 13.2. The number of halogens is 1. The highest BCUT2D eigenvalue weighted by molar-refractivity contribution is 7.98. The Morgan fingerprint density at radius 2 is 1.90 bits per heavy atom. The number of methoxy groups -OCH3 is 1. The summed E-state index contributed by atoms with van der Waals surface area (Å²) < 4.78 is 5.35. The molecule has 0 heterocycles. The van der Waals surface area contributed by atoms with Gasteiger partial charge in [0.25, 0.3) is 0 Å². The van der Waals surface area contributed by atoms with Crippen molar-refractivity contribution in [2.45, 2.75) is 23.6 Å². The monoisotopic (exact) mass is 307 g/mol. The van der Waals surface area contributed by atoms with Crippen LogP contribution in [0.1, 0.15) is 24.1 Å². The summed E-state index contributed by atoms with van der Waals surface area (Å²) in [5.41, 5.74) is 8.09. The van der Waals surface area contributed by atoms with Crippen molar-refractivity contribution in [3.05, 3.63) is 58.6 Å². The molecule has 0 radical (unpaired) electrons. The summed E-state index contributed by atoms with van der Waals surface area (Å²) in [6.45, 7) is 1.99. The minimum atomic E-state index is 0.0714. The molecule has 0 spiro atoms. The highest BCUT2D eigenvalue weighted by Crippen LogP contribution is 2.30. The molecule has 0 saturated carbocycles. The predicted octanol–water partition coefficient (Wildman–Crippen LogP) is 4.66. The number of ether oxygens (including phenoxy) is 1. The van der Waals surface area contributed by atoms with Gasteiger partial charge < -0.3 is 10.5 Å². The Hall–Kier alpha value is -1.16. The van der Waals surface area contributed by atoms with Crippen LogP contribution in [-0.4, -0.2) is 7.11 Å². The van der Waals surface area contributed by atoms with Crippen molar-refractivity contribution in [3.63, 3.8) is 0 Å². The summed E-state index contributed by atoms with van der Waals surface area (Å²) >= 11 is 7.79. The van der Waals surface area contributed by atoms with Crippen molar-refractivity contribution in [2.75, 3.05) is 7.11 Å². The molecule has 2 nitrogen and oxygen atoms in total. The number of nitrogens with two attached hydrogens (primary N) is 1. The fourth-order valence-electron chi connectivity index (χ4n) is 1.89. The van der Waals surface area contributed by atoms with E-state index in [1.165, 1.54) is 4.90 Å². The Morgan fingerprint density at radius 3 is 2.50 bits per heavy atom. The standard InChI is InChI=1S/C16H18ClNOS/c1-11(18)12-3-6-15(7-4-12)20-10-13-9-14(17)5-8-16(13)19-2/h3-9,11H,10,18H2,1-2H3. The maximum absolute atomic E-state index is 6.03. The number of benzene rings is 2. The third kappa shape index (κ3) is 3.92. The highest BCUT2D eigenvalue weighted by Gasteiger charge is 2.05. The lowest BCUT2D eigenvalue weighted by Gasteiger charge is -2.10. The van der Waals surface area contributed by atoms with Crippen LogP contribution in [-0.2, 0) is 5.75 Å². The number of hydrogen-bond donors (Lipinski definition) is 1. The van der Waals surface area contributed by atoms with E-state index >= 15 is 0 Å². The molecule has 1 atom stereocenters. The van der Waals surface area contributed by atoms with Gasteiger partial charge in [-0.15, -0.1) is 11.8 Å². The second-order valence-electron chi connectivity index (χ2n) is 4.60. The van der Waals surface area contributed by atoms with Gasteiger partial charge in [-0.05, 0) is 42.8 Å². The maximum Gasteiger partial charge on any atom is 0.123 e. The minimum Gasteiger partial charge on any atom is -0.496 e. The van der Waals surface area contributed by atoms with Crippen LogP contribution < -0.4 is 10.5 Å². The van der Waals surface area contributed by atoms with Gasteiger partial charge >= 0.3 is 0 Å². The van der Waals surface area contributed by atoms with Gasteiger partial charge in [-0.2, -0.15) is 0 Å². The minimum absolute atomic E-state index is 0.0714. The van der Waals surface area contributed by atoms with Crippen LogP contribution in [0.2, 0.25) is 5.02 Å². The molecular weight excluding hydrogens is 290 g/mol. The topological polar surface area (TPSA) is 35.2 Å². The molecule has 2 rings (SSSR count). The van der Waals surface area contributed by atoms with Gasteiger partial charge in [-0.25, -0.2) is 0 Å². The third-order valence-electron chi connectivity index (χ3n) is 3.04. The molecule has 0 aromatic heterocycles. The second kappa shape index (κ2) is 7.02. The first-order valence-electron chi connectivity index (χ1n) is 6.41. The summed E-state index contributed by atoms with van der Waals surface area (Å²) in [5, 5.41) is 0.730. The third-order valence-corrected chi connectivity index (χ3v) is 4.34. The SMILES string of the molecule is COc1ccc(Cl)cc1CSc1ccc(C(C)N)cc1. The summed E-state index contributed by atoms with van der Waals surface area (Å²) in [6, 6.07) is 14.1. The van der Waals surface area contributed by atoms with Gasteiger partial charge in [-0.1, -0.05) is 23.7 Å². The van der Waals surface area contributed by atoms with E-state index in [0.29, 0.717) is 0 Å². The van der Waals surface area contributed by atoms with E-state index in [0.717, 1.165) is 27.7 Å².